The largest absolute Gasteiger partial charge is 0.378 e. The van der Waals surface area contributed by atoms with Gasteiger partial charge < -0.3 is 9.63 Å². The minimum atomic E-state index is -4.87. The predicted molar refractivity (Wildman–Crippen MR) is 76.5 cm³/mol. The maximum Gasteiger partial charge on any atom is 0.270 e. The minimum absolute atomic E-state index is 0.0572. The molecule has 2 aromatic rings. The van der Waals surface area contributed by atoms with Gasteiger partial charge >= 0.3 is 0 Å². The van der Waals surface area contributed by atoms with Gasteiger partial charge in [0.1, 0.15) is 5.30 Å². The third-order valence-electron chi connectivity index (χ3n) is 3.24. The van der Waals surface area contributed by atoms with Crippen molar-refractivity contribution < 1.29 is 36.1 Å². The van der Waals surface area contributed by atoms with Crippen LogP contribution in [0.2, 0.25) is 0 Å². The van der Waals surface area contributed by atoms with E-state index in [1.165, 1.54) is 31.2 Å². The number of rotatable bonds is 5. The average molecular weight is 366 g/mol. The number of aliphatic hydroxyl groups is 1. The van der Waals surface area contributed by atoms with E-state index in [9.17, 15) is 31.6 Å². The Hall–Kier alpha value is -1.76. The van der Waals surface area contributed by atoms with Gasteiger partial charge in [-0.05, 0) is 12.5 Å². The van der Waals surface area contributed by atoms with Crippen LogP contribution in [-0.4, -0.2) is 11.7 Å². The molecule has 0 aliphatic rings. The van der Waals surface area contributed by atoms with E-state index in [0.29, 0.717) is 0 Å². The Morgan fingerprint density at radius 2 is 1.42 bits per heavy atom. The molecular weight excluding hydrogens is 354 g/mol. The molecule has 0 amide bonds. The second-order valence-corrected chi connectivity index (χ2v) is 7.11. The first-order chi connectivity index (χ1) is 11.3. The van der Waals surface area contributed by atoms with E-state index in [2.05, 4.69) is 0 Å². The summed E-state index contributed by atoms with van der Waals surface area (Å²) in [5, 5.41) is 8.61. The predicted octanol–water partition coefficient (Wildman–Crippen LogP) is 4.01. The summed E-state index contributed by atoms with van der Waals surface area (Å²) in [5.41, 5.74) is -0.0572. The van der Waals surface area contributed by atoms with Gasteiger partial charge in [0.25, 0.3) is 7.37 Å². The summed E-state index contributed by atoms with van der Waals surface area (Å²) in [4.78, 5) is 0. The average Bonchev–Trinajstić information content (AvgIpc) is 2.58. The molecule has 1 N–H and O–H groups in total. The molecule has 0 aliphatic carbocycles. The molecule has 130 valence electrons. The van der Waals surface area contributed by atoms with E-state index in [1.54, 1.807) is 6.07 Å². The van der Waals surface area contributed by atoms with Gasteiger partial charge in [-0.25, -0.2) is 22.0 Å². The van der Waals surface area contributed by atoms with E-state index in [0.717, 1.165) is 0 Å². The van der Waals surface area contributed by atoms with E-state index < -0.39 is 47.6 Å². The molecular formula is C15H12F5O3P. The van der Waals surface area contributed by atoms with Crippen LogP contribution in [0.5, 0.6) is 0 Å². The Morgan fingerprint density at radius 1 is 0.958 bits per heavy atom. The lowest BCUT2D eigenvalue weighted by Crippen LogP contribution is -2.25. The van der Waals surface area contributed by atoms with Gasteiger partial charge in [-0.1, -0.05) is 30.3 Å². The highest BCUT2D eigenvalue weighted by molar-refractivity contribution is 7.67. The summed E-state index contributed by atoms with van der Waals surface area (Å²) < 4.78 is 85.8. The smallest absolute Gasteiger partial charge is 0.270 e. The van der Waals surface area contributed by atoms with Crippen molar-refractivity contribution in [2.75, 3.05) is 6.61 Å². The van der Waals surface area contributed by atoms with Crippen LogP contribution >= 0.6 is 7.37 Å². The summed E-state index contributed by atoms with van der Waals surface area (Å²) in [7, 11) is -4.87. The summed E-state index contributed by atoms with van der Waals surface area (Å²) in [5.74, 6) is -13.6. The molecule has 2 rings (SSSR count). The standard InChI is InChI=1S/C15H12F5O3P/c1-2-23-24(22,15(21)8-6-4-3-5-7-8)14-12(19)10(17)9(16)11(18)13(14)20/h3-7,15,21H,2H2,1H3/t15-,24-/m0/s1. The van der Waals surface area contributed by atoms with Crippen LogP contribution in [-0.2, 0) is 9.09 Å². The zero-order chi connectivity index (χ0) is 18.1. The molecule has 0 bridgehead atoms. The van der Waals surface area contributed by atoms with Crippen molar-refractivity contribution in [3.8, 4) is 0 Å². The Balaban J connectivity index is 2.75. The maximum atomic E-state index is 14.0. The van der Waals surface area contributed by atoms with Crippen LogP contribution in [0, 0.1) is 29.1 Å². The molecule has 0 heterocycles. The van der Waals surface area contributed by atoms with Crippen LogP contribution in [0.25, 0.3) is 0 Å². The molecule has 0 unspecified atom stereocenters. The lowest BCUT2D eigenvalue weighted by atomic mass is 10.2. The molecule has 24 heavy (non-hydrogen) atoms. The maximum absolute atomic E-state index is 14.0. The van der Waals surface area contributed by atoms with Crippen molar-refractivity contribution in [3.63, 3.8) is 0 Å². The number of hydrogen-bond donors (Lipinski definition) is 1. The topological polar surface area (TPSA) is 46.5 Å². The quantitative estimate of drug-likeness (QED) is 0.376. The van der Waals surface area contributed by atoms with Crippen molar-refractivity contribution in [3.05, 3.63) is 65.0 Å². The zero-order valence-electron chi connectivity index (χ0n) is 12.3. The Labute approximate surface area is 134 Å². The Bertz CT molecular complexity index is 768. The fourth-order valence-corrected chi connectivity index (χ4v) is 4.34. The first kappa shape index (κ1) is 18.6. The first-order valence-corrected chi connectivity index (χ1v) is 8.44. The van der Waals surface area contributed by atoms with Crippen molar-refractivity contribution in [2.45, 2.75) is 12.8 Å². The van der Waals surface area contributed by atoms with E-state index in [-0.39, 0.29) is 12.2 Å². The van der Waals surface area contributed by atoms with Gasteiger partial charge in [-0.15, -0.1) is 0 Å². The lowest BCUT2D eigenvalue weighted by Gasteiger charge is -2.25. The first-order valence-electron chi connectivity index (χ1n) is 6.75. The third-order valence-corrected chi connectivity index (χ3v) is 5.84. The summed E-state index contributed by atoms with van der Waals surface area (Å²) >= 11 is 0. The highest BCUT2D eigenvalue weighted by Crippen LogP contribution is 2.58. The van der Waals surface area contributed by atoms with Crippen molar-refractivity contribution in [2.24, 2.45) is 0 Å². The van der Waals surface area contributed by atoms with Crippen LogP contribution in [0.15, 0.2) is 30.3 Å². The van der Waals surface area contributed by atoms with Gasteiger partial charge in [0.15, 0.2) is 29.1 Å². The van der Waals surface area contributed by atoms with Crippen LogP contribution in [0.1, 0.15) is 18.3 Å². The molecule has 0 spiro atoms. The third kappa shape index (κ3) is 2.97. The molecule has 0 aliphatic heterocycles. The van der Waals surface area contributed by atoms with Crippen LogP contribution in [0.4, 0.5) is 22.0 Å². The summed E-state index contributed by atoms with van der Waals surface area (Å²) in [6.07, 6.45) is 0. The molecule has 2 aromatic carbocycles. The second-order valence-electron chi connectivity index (χ2n) is 4.72. The van der Waals surface area contributed by atoms with Crippen molar-refractivity contribution >= 4 is 12.7 Å². The van der Waals surface area contributed by atoms with Crippen LogP contribution in [0.3, 0.4) is 0 Å². The zero-order valence-corrected chi connectivity index (χ0v) is 13.2. The van der Waals surface area contributed by atoms with Crippen molar-refractivity contribution in [1.82, 2.24) is 0 Å². The molecule has 0 aromatic heterocycles. The van der Waals surface area contributed by atoms with E-state index in [4.69, 9.17) is 4.52 Å². The summed E-state index contributed by atoms with van der Waals surface area (Å²) in [6.45, 7) is 0.914. The van der Waals surface area contributed by atoms with Gasteiger partial charge in [0.2, 0.25) is 5.82 Å². The molecule has 0 fully saturated rings. The number of hydrogen-bond acceptors (Lipinski definition) is 3. The molecule has 0 radical (unpaired) electrons. The summed E-state index contributed by atoms with van der Waals surface area (Å²) in [6, 6.07) is 6.99. The van der Waals surface area contributed by atoms with E-state index >= 15 is 0 Å². The molecule has 0 saturated heterocycles. The number of benzene rings is 2. The normalized spacial score (nSPS) is 15.1. The second kappa shape index (κ2) is 7.01. The minimum Gasteiger partial charge on any atom is -0.378 e. The van der Waals surface area contributed by atoms with Gasteiger partial charge in [0.05, 0.1) is 6.61 Å². The number of aliphatic hydroxyl groups excluding tert-OH is 1. The van der Waals surface area contributed by atoms with Gasteiger partial charge in [-0.2, -0.15) is 0 Å². The SMILES string of the molecule is CCO[P@@](=O)(c1c(F)c(F)c(F)c(F)c1F)[C@H](O)c1ccccc1. The lowest BCUT2D eigenvalue weighted by molar-refractivity contribution is 0.217. The highest BCUT2D eigenvalue weighted by Gasteiger charge is 2.44. The number of halogens is 5. The van der Waals surface area contributed by atoms with Gasteiger partial charge in [-0.3, -0.25) is 4.57 Å². The van der Waals surface area contributed by atoms with E-state index in [1.807, 2.05) is 0 Å². The van der Waals surface area contributed by atoms with Gasteiger partial charge in [0, 0.05) is 0 Å². The highest BCUT2D eigenvalue weighted by atomic mass is 31.2. The van der Waals surface area contributed by atoms with Crippen molar-refractivity contribution in [1.29, 1.82) is 0 Å². The Kier molecular flexibility index (Phi) is 5.42. The molecule has 9 heteroatoms. The fraction of sp³-hybridized carbons (Fsp3) is 0.200. The molecule has 3 nitrogen and oxygen atoms in total. The fourth-order valence-electron chi connectivity index (χ4n) is 2.14. The molecule has 0 saturated carbocycles. The monoisotopic (exact) mass is 366 g/mol. The Morgan fingerprint density at radius 3 is 1.88 bits per heavy atom. The molecule has 2 atom stereocenters. The van der Waals surface area contributed by atoms with Crippen LogP contribution < -0.4 is 5.30 Å².